The maximum atomic E-state index is 12.2. The molecule has 0 bridgehead atoms. The van der Waals surface area contributed by atoms with Gasteiger partial charge in [-0.25, -0.2) is 9.97 Å². The van der Waals surface area contributed by atoms with E-state index in [1.54, 1.807) is 24.8 Å². The Balaban J connectivity index is 1.87. The second kappa shape index (κ2) is 9.19. The van der Waals surface area contributed by atoms with Crippen molar-refractivity contribution in [1.82, 2.24) is 9.97 Å². The summed E-state index contributed by atoms with van der Waals surface area (Å²) in [6, 6.07) is 7.90. The van der Waals surface area contributed by atoms with Gasteiger partial charge < -0.3 is 9.47 Å². The first-order valence-electron chi connectivity index (χ1n) is 8.84. The van der Waals surface area contributed by atoms with E-state index in [-0.39, 0.29) is 11.2 Å². The molecule has 0 fully saturated rings. The molecule has 0 saturated carbocycles. The Morgan fingerprint density at radius 3 is 2.74 bits per heavy atom. The molecule has 3 rings (SSSR count). The summed E-state index contributed by atoms with van der Waals surface area (Å²) < 4.78 is 10.6. The lowest BCUT2D eigenvalue weighted by Crippen LogP contribution is -2.17. The lowest BCUT2D eigenvalue weighted by Gasteiger charge is -2.12. The molecular formula is C20H22N2O3S2. The van der Waals surface area contributed by atoms with E-state index >= 15 is 0 Å². The Hall–Kier alpha value is -2.12. The Morgan fingerprint density at radius 2 is 2.04 bits per heavy atom. The minimum Gasteiger partial charge on any atom is -0.497 e. The van der Waals surface area contributed by atoms with Gasteiger partial charge in [0.15, 0.2) is 0 Å². The van der Waals surface area contributed by atoms with Crippen LogP contribution in [-0.4, -0.2) is 34.9 Å². The first kappa shape index (κ1) is 19.6. The molecule has 0 aliphatic carbocycles. The largest absolute Gasteiger partial charge is 0.497 e. The molecule has 1 aromatic carbocycles. The first-order valence-corrected chi connectivity index (χ1v) is 10.6. The number of hydrogen-bond acceptors (Lipinski definition) is 7. The average Bonchev–Trinajstić information content (AvgIpc) is 3.13. The third kappa shape index (κ3) is 4.59. The minimum absolute atomic E-state index is 0.207. The Bertz CT molecular complexity index is 909. The van der Waals surface area contributed by atoms with Crippen molar-refractivity contribution < 1.29 is 14.3 Å². The molecule has 0 aliphatic rings. The van der Waals surface area contributed by atoms with Gasteiger partial charge in [-0.1, -0.05) is 37.2 Å². The summed E-state index contributed by atoms with van der Waals surface area (Å²) in [5.41, 5.74) is 2.13. The number of methoxy groups -OCH3 is 1. The monoisotopic (exact) mass is 402 g/mol. The van der Waals surface area contributed by atoms with Crippen LogP contribution < -0.4 is 4.74 Å². The zero-order valence-corrected chi connectivity index (χ0v) is 17.2. The number of hydrogen-bond donors (Lipinski definition) is 0. The van der Waals surface area contributed by atoms with Crippen molar-refractivity contribution in [2.45, 2.75) is 37.0 Å². The van der Waals surface area contributed by atoms with Crippen LogP contribution in [0, 0.1) is 0 Å². The second-order valence-corrected chi connectivity index (χ2v) is 8.21. The van der Waals surface area contributed by atoms with Crippen LogP contribution in [0.1, 0.15) is 26.7 Å². The molecule has 3 aromatic rings. The molecule has 5 nitrogen and oxygen atoms in total. The Labute approximate surface area is 167 Å². The molecule has 2 heterocycles. The average molecular weight is 403 g/mol. The lowest BCUT2D eigenvalue weighted by atomic mass is 10.1. The molecule has 142 valence electrons. The fourth-order valence-electron chi connectivity index (χ4n) is 2.57. The standard InChI is InChI=1S/C20H22N2O3S2/c1-4-5-10-25-20(23)13(2)27-19-17-16(11-26-18(17)21-12-22-19)14-6-8-15(24-3)9-7-14/h6-9,11-13H,4-5,10H2,1-3H3. The number of aromatic nitrogens is 2. The van der Waals surface area contributed by atoms with Crippen LogP contribution >= 0.6 is 23.1 Å². The molecular weight excluding hydrogens is 380 g/mol. The van der Waals surface area contributed by atoms with E-state index in [0.717, 1.165) is 45.0 Å². The molecule has 0 saturated heterocycles. The van der Waals surface area contributed by atoms with E-state index < -0.39 is 0 Å². The van der Waals surface area contributed by atoms with E-state index in [2.05, 4.69) is 22.3 Å². The van der Waals surface area contributed by atoms with Crippen LogP contribution in [0.3, 0.4) is 0 Å². The number of thioether (sulfide) groups is 1. The van der Waals surface area contributed by atoms with Crippen molar-refractivity contribution in [1.29, 1.82) is 0 Å². The van der Waals surface area contributed by atoms with Crippen LogP contribution in [0.25, 0.3) is 21.3 Å². The van der Waals surface area contributed by atoms with E-state index in [1.165, 1.54) is 11.8 Å². The summed E-state index contributed by atoms with van der Waals surface area (Å²) in [5, 5.41) is 3.52. The highest BCUT2D eigenvalue weighted by Crippen LogP contribution is 2.39. The summed E-state index contributed by atoms with van der Waals surface area (Å²) in [5.74, 6) is 0.606. The molecule has 0 aliphatic heterocycles. The smallest absolute Gasteiger partial charge is 0.319 e. The number of carbonyl (C=O) groups excluding carboxylic acids is 1. The molecule has 0 radical (unpaired) electrons. The predicted molar refractivity (Wildman–Crippen MR) is 111 cm³/mol. The van der Waals surface area contributed by atoms with Gasteiger partial charge in [0.1, 0.15) is 27.2 Å². The topological polar surface area (TPSA) is 61.3 Å². The quantitative estimate of drug-likeness (QED) is 0.224. The SMILES string of the molecule is CCCCOC(=O)C(C)Sc1ncnc2scc(-c3ccc(OC)cc3)c12. The number of thiophene rings is 1. The minimum atomic E-state index is -0.330. The molecule has 2 aromatic heterocycles. The summed E-state index contributed by atoms with van der Waals surface area (Å²) in [6.07, 6.45) is 3.43. The zero-order valence-electron chi connectivity index (χ0n) is 15.6. The molecule has 0 amide bonds. The Morgan fingerprint density at radius 1 is 1.26 bits per heavy atom. The van der Waals surface area contributed by atoms with Gasteiger partial charge in [0, 0.05) is 10.9 Å². The van der Waals surface area contributed by atoms with E-state index in [0.29, 0.717) is 6.61 Å². The van der Waals surface area contributed by atoms with Crippen LogP contribution in [-0.2, 0) is 9.53 Å². The molecule has 0 N–H and O–H groups in total. The van der Waals surface area contributed by atoms with E-state index in [9.17, 15) is 4.79 Å². The second-order valence-electron chi connectivity index (χ2n) is 6.02. The molecule has 7 heteroatoms. The molecule has 0 spiro atoms. The van der Waals surface area contributed by atoms with Crippen LogP contribution in [0.4, 0.5) is 0 Å². The third-order valence-corrected chi connectivity index (χ3v) is 6.06. The van der Waals surface area contributed by atoms with Gasteiger partial charge in [0.2, 0.25) is 0 Å². The van der Waals surface area contributed by atoms with Crippen molar-refractivity contribution in [3.63, 3.8) is 0 Å². The van der Waals surface area contributed by atoms with Crippen molar-refractivity contribution in [3.05, 3.63) is 36.0 Å². The van der Waals surface area contributed by atoms with Gasteiger partial charge >= 0.3 is 5.97 Å². The first-order chi connectivity index (χ1) is 13.1. The fourth-order valence-corrected chi connectivity index (χ4v) is 4.48. The highest BCUT2D eigenvalue weighted by atomic mass is 32.2. The van der Waals surface area contributed by atoms with Gasteiger partial charge in [-0.05, 0) is 31.0 Å². The summed E-state index contributed by atoms with van der Waals surface area (Å²) in [7, 11) is 1.65. The van der Waals surface area contributed by atoms with Gasteiger partial charge in [-0.15, -0.1) is 11.3 Å². The predicted octanol–water partition coefficient (Wildman–Crippen LogP) is 5.19. The third-order valence-electron chi connectivity index (χ3n) is 4.10. The van der Waals surface area contributed by atoms with Crippen molar-refractivity contribution >= 4 is 39.3 Å². The summed E-state index contributed by atoms with van der Waals surface area (Å²) in [4.78, 5) is 22.0. The van der Waals surface area contributed by atoms with Crippen molar-refractivity contribution in [2.75, 3.05) is 13.7 Å². The van der Waals surface area contributed by atoms with E-state index in [1.807, 2.05) is 31.2 Å². The Kier molecular flexibility index (Phi) is 6.68. The fraction of sp³-hybridized carbons (Fsp3) is 0.350. The van der Waals surface area contributed by atoms with Gasteiger partial charge in [-0.3, -0.25) is 4.79 Å². The number of esters is 1. The lowest BCUT2D eigenvalue weighted by molar-refractivity contribution is -0.142. The number of carbonyl (C=O) groups is 1. The van der Waals surface area contributed by atoms with Gasteiger partial charge in [0.05, 0.1) is 19.1 Å². The van der Waals surface area contributed by atoms with Gasteiger partial charge in [-0.2, -0.15) is 0 Å². The summed E-state index contributed by atoms with van der Waals surface area (Å²) >= 11 is 2.99. The normalized spacial score (nSPS) is 12.1. The highest BCUT2D eigenvalue weighted by Gasteiger charge is 2.20. The van der Waals surface area contributed by atoms with Crippen molar-refractivity contribution in [2.24, 2.45) is 0 Å². The number of benzene rings is 1. The van der Waals surface area contributed by atoms with Crippen LogP contribution in [0.15, 0.2) is 41.0 Å². The van der Waals surface area contributed by atoms with Crippen molar-refractivity contribution in [3.8, 4) is 16.9 Å². The van der Waals surface area contributed by atoms with Crippen LogP contribution in [0.2, 0.25) is 0 Å². The number of ether oxygens (including phenoxy) is 2. The van der Waals surface area contributed by atoms with Crippen LogP contribution in [0.5, 0.6) is 5.75 Å². The maximum Gasteiger partial charge on any atom is 0.319 e. The molecule has 1 unspecified atom stereocenters. The number of unbranched alkanes of at least 4 members (excludes halogenated alkanes) is 1. The number of rotatable bonds is 8. The number of nitrogens with zero attached hydrogens (tertiary/aromatic N) is 2. The maximum absolute atomic E-state index is 12.2. The summed E-state index contributed by atoms with van der Waals surface area (Å²) in [6.45, 7) is 4.39. The zero-order chi connectivity index (χ0) is 19.2. The van der Waals surface area contributed by atoms with E-state index in [4.69, 9.17) is 9.47 Å². The van der Waals surface area contributed by atoms with Gasteiger partial charge in [0.25, 0.3) is 0 Å². The number of fused-ring (bicyclic) bond motifs is 1. The molecule has 27 heavy (non-hydrogen) atoms. The molecule has 1 atom stereocenters. The highest BCUT2D eigenvalue weighted by molar-refractivity contribution is 8.00.